The molecule has 5 atom stereocenters. The van der Waals surface area contributed by atoms with Gasteiger partial charge in [0, 0.05) is 25.6 Å². The Morgan fingerprint density at radius 3 is 2.73 bits per heavy atom. The number of amides is 1. The van der Waals surface area contributed by atoms with Gasteiger partial charge in [-0.05, 0) is 124 Å². The fourth-order valence-corrected chi connectivity index (χ4v) is 8.66. The van der Waals surface area contributed by atoms with E-state index in [1.165, 1.54) is 64.5 Å². The first-order chi connectivity index (χ1) is 16.1. The third-order valence-electron chi connectivity index (χ3n) is 10.2. The molecule has 2 aliphatic heterocycles. The van der Waals surface area contributed by atoms with Crippen molar-refractivity contribution >= 4 is 5.91 Å². The summed E-state index contributed by atoms with van der Waals surface area (Å²) in [6.07, 6.45) is 13.8. The second kappa shape index (κ2) is 8.91. The number of benzene rings is 1. The first-order valence-electron chi connectivity index (χ1n) is 13.9. The summed E-state index contributed by atoms with van der Waals surface area (Å²) < 4.78 is 6.12. The minimum Gasteiger partial charge on any atom is -0.494 e. The molecule has 2 saturated heterocycles. The molecule has 1 aromatic carbocycles. The van der Waals surface area contributed by atoms with Crippen LogP contribution in [0.2, 0.25) is 0 Å². The lowest BCUT2D eigenvalue weighted by atomic mass is 9.55. The molecular formula is C29H42N2O2. The standard InChI is InChI=1S/C29H42N2O2/c1-29-14-13-24-23-10-8-22(33-19-5-18-31-17-4-6-28(31)32)20-21(23)7-9-25(24)26(29)11-12-27(29)30-15-2-3-16-30/h8,10,20,24-27H,2-7,9,11-19H2,1H3/t24-,25-,26+,27+,29+/m1/s1. The van der Waals surface area contributed by atoms with Gasteiger partial charge < -0.3 is 9.64 Å². The second-order valence-corrected chi connectivity index (χ2v) is 11.8. The monoisotopic (exact) mass is 450 g/mol. The van der Waals surface area contributed by atoms with E-state index in [1.54, 1.807) is 11.1 Å². The van der Waals surface area contributed by atoms with E-state index >= 15 is 0 Å². The predicted octanol–water partition coefficient (Wildman–Crippen LogP) is 5.40. The molecule has 1 amide bonds. The number of ether oxygens (including phenoxy) is 1. The van der Waals surface area contributed by atoms with Crippen molar-refractivity contribution in [1.82, 2.24) is 9.80 Å². The molecule has 0 aromatic heterocycles. The molecule has 0 spiro atoms. The van der Waals surface area contributed by atoms with E-state index in [1.807, 2.05) is 4.90 Å². The van der Waals surface area contributed by atoms with Crippen molar-refractivity contribution in [3.63, 3.8) is 0 Å². The van der Waals surface area contributed by atoms with Gasteiger partial charge in [-0.15, -0.1) is 0 Å². The summed E-state index contributed by atoms with van der Waals surface area (Å²) in [5.41, 5.74) is 3.72. The molecular weight excluding hydrogens is 408 g/mol. The van der Waals surface area contributed by atoms with Crippen LogP contribution in [0.5, 0.6) is 5.75 Å². The van der Waals surface area contributed by atoms with Gasteiger partial charge >= 0.3 is 0 Å². The first kappa shape index (κ1) is 21.9. The Labute approximate surface area is 200 Å². The summed E-state index contributed by atoms with van der Waals surface area (Å²) >= 11 is 0. The van der Waals surface area contributed by atoms with Crippen LogP contribution in [0, 0.1) is 17.3 Å². The zero-order valence-corrected chi connectivity index (χ0v) is 20.6. The highest BCUT2D eigenvalue weighted by molar-refractivity contribution is 5.77. The van der Waals surface area contributed by atoms with Crippen LogP contribution < -0.4 is 4.74 Å². The van der Waals surface area contributed by atoms with Gasteiger partial charge in [0.25, 0.3) is 0 Å². The van der Waals surface area contributed by atoms with Crippen LogP contribution in [-0.2, 0) is 11.2 Å². The molecule has 180 valence electrons. The Bertz CT molecular complexity index is 878. The van der Waals surface area contributed by atoms with E-state index in [0.717, 1.165) is 61.9 Å². The molecule has 0 bridgehead atoms. The van der Waals surface area contributed by atoms with Crippen LogP contribution in [-0.4, -0.2) is 54.5 Å². The molecule has 33 heavy (non-hydrogen) atoms. The first-order valence-corrected chi connectivity index (χ1v) is 13.9. The van der Waals surface area contributed by atoms with E-state index in [4.69, 9.17) is 4.74 Å². The zero-order chi connectivity index (χ0) is 22.4. The minimum atomic E-state index is 0.316. The number of likely N-dealkylation sites (tertiary alicyclic amines) is 2. The number of aryl methyl sites for hydroxylation is 1. The second-order valence-electron chi connectivity index (χ2n) is 11.8. The van der Waals surface area contributed by atoms with Crippen LogP contribution in [0.25, 0.3) is 0 Å². The van der Waals surface area contributed by atoms with Crippen molar-refractivity contribution in [3.8, 4) is 5.75 Å². The molecule has 6 rings (SSSR count). The number of hydrogen-bond acceptors (Lipinski definition) is 3. The Hall–Kier alpha value is -1.55. The summed E-state index contributed by atoms with van der Waals surface area (Å²) in [5, 5.41) is 0. The van der Waals surface area contributed by atoms with Crippen molar-refractivity contribution in [3.05, 3.63) is 29.3 Å². The van der Waals surface area contributed by atoms with Gasteiger partial charge in [-0.3, -0.25) is 9.69 Å². The maximum atomic E-state index is 11.8. The van der Waals surface area contributed by atoms with E-state index in [9.17, 15) is 4.79 Å². The van der Waals surface area contributed by atoms with Crippen LogP contribution in [0.1, 0.15) is 88.2 Å². The number of carbonyl (C=O) groups excluding carboxylic acids is 1. The molecule has 1 aromatic rings. The van der Waals surface area contributed by atoms with Gasteiger partial charge in [-0.1, -0.05) is 13.0 Å². The van der Waals surface area contributed by atoms with Crippen molar-refractivity contribution < 1.29 is 9.53 Å². The third kappa shape index (κ3) is 3.90. The average molecular weight is 451 g/mol. The van der Waals surface area contributed by atoms with Gasteiger partial charge in [-0.2, -0.15) is 0 Å². The van der Waals surface area contributed by atoms with Crippen LogP contribution in [0.3, 0.4) is 0 Å². The Morgan fingerprint density at radius 2 is 1.91 bits per heavy atom. The highest BCUT2D eigenvalue weighted by Crippen LogP contribution is 2.62. The SMILES string of the molecule is C[C@]12CC[C@@H]3c4ccc(OCCCN5CCCC5=O)cc4CC[C@H]3[C@@H]1CC[C@@H]2N1CCCC1. The third-order valence-corrected chi connectivity index (χ3v) is 10.2. The molecule has 2 heterocycles. The lowest BCUT2D eigenvalue weighted by Crippen LogP contribution is -2.49. The largest absolute Gasteiger partial charge is 0.494 e. The van der Waals surface area contributed by atoms with E-state index in [-0.39, 0.29) is 0 Å². The fourth-order valence-electron chi connectivity index (χ4n) is 8.66. The van der Waals surface area contributed by atoms with Crippen molar-refractivity contribution in [1.29, 1.82) is 0 Å². The topological polar surface area (TPSA) is 32.8 Å². The summed E-state index contributed by atoms with van der Waals surface area (Å²) in [6.45, 7) is 7.83. The van der Waals surface area contributed by atoms with Crippen molar-refractivity contribution in [2.24, 2.45) is 17.3 Å². The molecule has 2 saturated carbocycles. The molecule has 0 radical (unpaired) electrons. The zero-order valence-electron chi connectivity index (χ0n) is 20.6. The highest BCUT2D eigenvalue weighted by Gasteiger charge is 2.56. The molecule has 4 nitrogen and oxygen atoms in total. The molecule has 3 aliphatic carbocycles. The maximum Gasteiger partial charge on any atom is 0.222 e. The van der Waals surface area contributed by atoms with Crippen LogP contribution in [0.4, 0.5) is 0 Å². The number of nitrogens with zero attached hydrogens (tertiary/aromatic N) is 2. The molecule has 0 N–H and O–H groups in total. The quantitative estimate of drug-likeness (QED) is 0.544. The van der Waals surface area contributed by atoms with E-state index in [2.05, 4.69) is 30.0 Å². The number of carbonyl (C=O) groups is 1. The minimum absolute atomic E-state index is 0.316. The van der Waals surface area contributed by atoms with Gasteiger partial charge in [0.1, 0.15) is 5.75 Å². The van der Waals surface area contributed by atoms with Gasteiger partial charge in [0.15, 0.2) is 0 Å². The number of fused-ring (bicyclic) bond motifs is 5. The smallest absolute Gasteiger partial charge is 0.222 e. The van der Waals surface area contributed by atoms with E-state index in [0.29, 0.717) is 17.9 Å². The molecule has 5 aliphatic rings. The summed E-state index contributed by atoms with van der Waals surface area (Å²) in [5.74, 6) is 3.90. The fraction of sp³-hybridized carbons (Fsp3) is 0.759. The predicted molar refractivity (Wildman–Crippen MR) is 132 cm³/mol. The summed E-state index contributed by atoms with van der Waals surface area (Å²) in [7, 11) is 0. The van der Waals surface area contributed by atoms with Gasteiger partial charge in [0.2, 0.25) is 5.91 Å². The highest BCUT2D eigenvalue weighted by atomic mass is 16.5. The van der Waals surface area contributed by atoms with Crippen LogP contribution >= 0.6 is 0 Å². The maximum absolute atomic E-state index is 11.8. The van der Waals surface area contributed by atoms with Crippen molar-refractivity contribution in [2.75, 3.05) is 32.8 Å². The molecule has 0 unspecified atom stereocenters. The lowest BCUT2D eigenvalue weighted by molar-refractivity contribution is -0.127. The number of hydrogen-bond donors (Lipinski definition) is 0. The summed E-state index contributed by atoms with van der Waals surface area (Å²) in [6, 6.07) is 7.81. The van der Waals surface area contributed by atoms with Crippen LogP contribution in [0.15, 0.2) is 18.2 Å². The Kier molecular flexibility index (Phi) is 5.92. The Morgan fingerprint density at radius 1 is 1.03 bits per heavy atom. The van der Waals surface area contributed by atoms with Gasteiger partial charge in [0.05, 0.1) is 6.61 Å². The average Bonchev–Trinajstić information content (AvgIpc) is 3.56. The molecule has 4 fully saturated rings. The normalized spacial score (nSPS) is 36.0. The summed E-state index contributed by atoms with van der Waals surface area (Å²) in [4.78, 5) is 16.6. The molecule has 4 heteroatoms. The Balaban J connectivity index is 1.09. The van der Waals surface area contributed by atoms with Crippen molar-refractivity contribution in [2.45, 2.75) is 89.5 Å². The van der Waals surface area contributed by atoms with Gasteiger partial charge in [-0.25, -0.2) is 0 Å². The lowest BCUT2D eigenvalue weighted by Gasteiger charge is -2.52. The van der Waals surface area contributed by atoms with E-state index < -0.39 is 0 Å². The number of rotatable bonds is 6.